The summed E-state index contributed by atoms with van der Waals surface area (Å²) >= 11 is 0. The number of carbonyl (C=O) groups is 1. The highest BCUT2D eigenvalue weighted by atomic mass is 16.4. The van der Waals surface area contributed by atoms with E-state index < -0.39 is 6.09 Å². The first kappa shape index (κ1) is 17.5. The number of aromatic nitrogens is 2. The number of hydrogen-bond acceptors (Lipinski definition) is 3. The lowest BCUT2D eigenvalue weighted by atomic mass is 9.85. The van der Waals surface area contributed by atoms with Gasteiger partial charge in [0.2, 0.25) is 0 Å². The maximum absolute atomic E-state index is 11.1. The van der Waals surface area contributed by atoms with Crippen LogP contribution in [0.5, 0.6) is 0 Å². The molecule has 3 aromatic rings. The Balaban J connectivity index is 1.53. The first-order valence-electron chi connectivity index (χ1n) is 9.39. The van der Waals surface area contributed by atoms with Gasteiger partial charge in [-0.15, -0.1) is 0 Å². The lowest BCUT2D eigenvalue weighted by Gasteiger charge is -2.32. The van der Waals surface area contributed by atoms with Crippen LogP contribution < -0.4 is 0 Å². The molecule has 1 fully saturated rings. The summed E-state index contributed by atoms with van der Waals surface area (Å²) in [6.07, 6.45) is 4.54. The second-order valence-corrected chi connectivity index (χ2v) is 7.26. The highest BCUT2D eigenvalue weighted by molar-refractivity contribution is 5.86. The molecule has 1 aliphatic rings. The topological polar surface area (TPSA) is 66.3 Å². The second kappa shape index (κ2) is 7.35. The predicted octanol–water partition coefficient (Wildman–Crippen LogP) is 4.93. The highest BCUT2D eigenvalue weighted by Gasteiger charge is 2.28. The van der Waals surface area contributed by atoms with Crippen LogP contribution in [0.4, 0.5) is 4.79 Å². The van der Waals surface area contributed by atoms with E-state index in [0.29, 0.717) is 5.92 Å². The largest absolute Gasteiger partial charge is 0.465 e. The molecular weight excluding hydrogens is 338 g/mol. The van der Waals surface area contributed by atoms with Crippen LogP contribution in [0.25, 0.3) is 22.0 Å². The van der Waals surface area contributed by atoms with Crippen LogP contribution in [0.2, 0.25) is 0 Å². The highest BCUT2D eigenvalue weighted by Crippen LogP contribution is 2.33. The molecule has 5 heteroatoms. The minimum absolute atomic E-state index is 0.0995. The van der Waals surface area contributed by atoms with Crippen molar-refractivity contribution in [3.8, 4) is 11.3 Å². The smallest absolute Gasteiger partial charge is 0.407 e. The van der Waals surface area contributed by atoms with Gasteiger partial charge >= 0.3 is 6.09 Å². The van der Waals surface area contributed by atoms with Crippen LogP contribution in [-0.2, 0) is 0 Å². The van der Waals surface area contributed by atoms with Gasteiger partial charge in [-0.1, -0.05) is 36.4 Å². The lowest BCUT2D eigenvalue weighted by Crippen LogP contribution is -2.38. The zero-order valence-electron chi connectivity index (χ0n) is 15.4. The Morgan fingerprint density at radius 1 is 1.04 bits per heavy atom. The van der Waals surface area contributed by atoms with E-state index >= 15 is 0 Å². The van der Waals surface area contributed by atoms with E-state index in [-0.39, 0.29) is 6.04 Å². The summed E-state index contributed by atoms with van der Waals surface area (Å²) in [6.45, 7) is 0. The summed E-state index contributed by atoms with van der Waals surface area (Å²) in [5.41, 5.74) is 2.03. The van der Waals surface area contributed by atoms with Crippen LogP contribution in [0, 0.1) is 0 Å². The standard InChI is InChI=1S/C22H23N3O2/c1-25(22(26)27)19-10-8-16(9-11-19)21-23-13-12-20(24-21)18-7-6-15-4-2-3-5-17(15)14-18/h2-7,12-14,16,19H,8-11H2,1H3,(H,26,27)/t16-,19-. The third-order valence-corrected chi connectivity index (χ3v) is 5.63. The summed E-state index contributed by atoms with van der Waals surface area (Å²) in [6, 6.07) is 16.8. The fraction of sp³-hybridized carbons (Fsp3) is 0.318. The van der Waals surface area contributed by atoms with Gasteiger partial charge in [-0.05, 0) is 48.6 Å². The van der Waals surface area contributed by atoms with E-state index in [2.05, 4.69) is 35.3 Å². The predicted molar refractivity (Wildman–Crippen MR) is 106 cm³/mol. The van der Waals surface area contributed by atoms with E-state index in [1.807, 2.05) is 24.4 Å². The maximum Gasteiger partial charge on any atom is 0.407 e. The molecule has 0 saturated heterocycles. The van der Waals surface area contributed by atoms with Crippen molar-refractivity contribution in [2.24, 2.45) is 0 Å². The summed E-state index contributed by atoms with van der Waals surface area (Å²) in [7, 11) is 1.66. The van der Waals surface area contributed by atoms with Gasteiger partial charge in [0, 0.05) is 30.8 Å². The number of rotatable bonds is 3. The zero-order valence-corrected chi connectivity index (χ0v) is 15.4. The van der Waals surface area contributed by atoms with Gasteiger partial charge in [0.1, 0.15) is 5.82 Å². The van der Waals surface area contributed by atoms with Gasteiger partial charge in [0.15, 0.2) is 0 Å². The van der Waals surface area contributed by atoms with E-state index in [0.717, 1.165) is 42.8 Å². The first-order chi connectivity index (χ1) is 13.1. The Bertz CT molecular complexity index is 964. The molecule has 1 amide bonds. The number of nitrogens with zero attached hydrogens (tertiary/aromatic N) is 3. The SMILES string of the molecule is CN(C(=O)O)[C@H]1CC[C@H](c2nccc(-c3ccc4ccccc4c3)n2)CC1. The molecule has 2 aromatic carbocycles. The monoisotopic (exact) mass is 361 g/mol. The lowest BCUT2D eigenvalue weighted by molar-refractivity contribution is 0.123. The van der Waals surface area contributed by atoms with Crippen molar-refractivity contribution < 1.29 is 9.90 Å². The molecule has 1 saturated carbocycles. The van der Waals surface area contributed by atoms with Crippen LogP contribution in [0.3, 0.4) is 0 Å². The normalized spacial score (nSPS) is 19.7. The van der Waals surface area contributed by atoms with Crippen LogP contribution >= 0.6 is 0 Å². The Labute approximate surface area is 158 Å². The van der Waals surface area contributed by atoms with Crippen LogP contribution in [0.1, 0.15) is 37.4 Å². The van der Waals surface area contributed by atoms with Crippen molar-refractivity contribution in [3.05, 3.63) is 60.6 Å². The van der Waals surface area contributed by atoms with Gasteiger partial charge in [0.05, 0.1) is 5.69 Å². The van der Waals surface area contributed by atoms with Gasteiger partial charge in [-0.2, -0.15) is 0 Å². The fourth-order valence-electron chi connectivity index (χ4n) is 3.96. The average molecular weight is 361 g/mol. The molecule has 5 nitrogen and oxygen atoms in total. The minimum Gasteiger partial charge on any atom is -0.465 e. The number of hydrogen-bond donors (Lipinski definition) is 1. The number of benzene rings is 2. The molecule has 4 rings (SSSR count). The third kappa shape index (κ3) is 3.63. The molecule has 27 heavy (non-hydrogen) atoms. The minimum atomic E-state index is -0.854. The van der Waals surface area contributed by atoms with Gasteiger partial charge < -0.3 is 10.0 Å². The zero-order chi connectivity index (χ0) is 18.8. The Morgan fingerprint density at radius 3 is 2.52 bits per heavy atom. The molecule has 1 heterocycles. The van der Waals surface area contributed by atoms with Crippen molar-refractivity contribution in [3.63, 3.8) is 0 Å². The maximum atomic E-state index is 11.1. The molecule has 1 N–H and O–H groups in total. The van der Waals surface area contributed by atoms with E-state index in [9.17, 15) is 4.79 Å². The molecule has 0 radical (unpaired) electrons. The van der Waals surface area contributed by atoms with Gasteiger partial charge in [-0.3, -0.25) is 0 Å². The quantitative estimate of drug-likeness (QED) is 0.718. The summed E-state index contributed by atoms with van der Waals surface area (Å²) < 4.78 is 0. The Hall–Kier alpha value is -2.95. The number of amides is 1. The van der Waals surface area contributed by atoms with Crippen molar-refractivity contribution in [2.75, 3.05) is 7.05 Å². The van der Waals surface area contributed by atoms with Crippen LogP contribution in [0.15, 0.2) is 54.7 Å². The first-order valence-corrected chi connectivity index (χ1v) is 9.39. The summed E-state index contributed by atoms with van der Waals surface area (Å²) in [5, 5.41) is 11.6. The van der Waals surface area contributed by atoms with Crippen molar-refractivity contribution in [1.29, 1.82) is 0 Å². The summed E-state index contributed by atoms with van der Waals surface area (Å²) in [5.74, 6) is 1.17. The Morgan fingerprint density at radius 2 is 1.78 bits per heavy atom. The molecule has 0 unspecified atom stereocenters. The summed E-state index contributed by atoms with van der Waals surface area (Å²) in [4.78, 5) is 21.9. The van der Waals surface area contributed by atoms with Crippen molar-refractivity contribution >= 4 is 16.9 Å². The number of fused-ring (bicyclic) bond motifs is 1. The van der Waals surface area contributed by atoms with E-state index in [1.54, 1.807) is 7.05 Å². The third-order valence-electron chi connectivity index (χ3n) is 5.63. The molecule has 0 aliphatic heterocycles. The van der Waals surface area contributed by atoms with Gasteiger partial charge in [-0.25, -0.2) is 14.8 Å². The van der Waals surface area contributed by atoms with Gasteiger partial charge in [0.25, 0.3) is 0 Å². The molecule has 1 aromatic heterocycles. The molecule has 0 atom stereocenters. The molecule has 0 bridgehead atoms. The number of carboxylic acid groups (broad SMARTS) is 1. The second-order valence-electron chi connectivity index (χ2n) is 7.26. The molecule has 138 valence electrons. The molecular formula is C22H23N3O2. The molecule has 0 spiro atoms. The van der Waals surface area contributed by atoms with Crippen LogP contribution in [-0.4, -0.2) is 39.2 Å². The van der Waals surface area contributed by atoms with E-state index in [1.165, 1.54) is 15.7 Å². The van der Waals surface area contributed by atoms with E-state index in [4.69, 9.17) is 10.1 Å². The fourth-order valence-corrected chi connectivity index (χ4v) is 3.96. The van der Waals surface area contributed by atoms with Crippen molar-refractivity contribution in [1.82, 2.24) is 14.9 Å². The average Bonchev–Trinajstić information content (AvgIpc) is 2.73. The van der Waals surface area contributed by atoms with Crippen molar-refractivity contribution in [2.45, 2.75) is 37.6 Å². The molecule has 1 aliphatic carbocycles. The Kier molecular flexibility index (Phi) is 4.75.